The number of nitrogens with two attached hydrogens (primary N) is 1. The van der Waals surface area contributed by atoms with E-state index in [0.29, 0.717) is 24.2 Å². The van der Waals surface area contributed by atoms with Crippen LogP contribution in [0.1, 0.15) is 19.4 Å². The van der Waals surface area contributed by atoms with E-state index in [-0.39, 0.29) is 0 Å². The molecule has 0 radical (unpaired) electrons. The third kappa shape index (κ3) is 5.39. The number of aryl methyl sites for hydroxylation is 1. The van der Waals surface area contributed by atoms with Crippen LogP contribution >= 0.6 is 11.6 Å². The predicted molar refractivity (Wildman–Crippen MR) is 69.6 cm³/mol. The molecule has 0 unspecified atom stereocenters. The highest BCUT2D eigenvalue weighted by Gasteiger charge is 2.09. The summed E-state index contributed by atoms with van der Waals surface area (Å²) in [6.07, 6.45) is -0.451. The summed E-state index contributed by atoms with van der Waals surface area (Å²) in [5.74, 6) is 0.776. The van der Waals surface area contributed by atoms with E-state index in [9.17, 15) is 5.11 Å². The lowest BCUT2D eigenvalue weighted by atomic mass is 10.2. The lowest BCUT2D eigenvalue weighted by Gasteiger charge is -2.14. The first-order chi connectivity index (χ1) is 7.99. The molecular formula is C13H21ClNO2+. The van der Waals surface area contributed by atoms with E-state index in [1.165, 1.54) is 0 Å². The van der Waals surface area contributed by atoms with Crippen LogP contribution in [0.25, 0.3) is 0 Å². The zero-order valence-corrected chi connectivity index (χ0v) is 11.4. The number of halogens is 1. The number of rotatable bonds is 6. The van der Waals surface area contributed by atoms with Crippen molar-refractivity contribution < 1.29 is 15.2 Å². The van der Waals surface area contributed by atoms with Crippen molar-refractivity contribution >= 4 is 11.6 Å². The molecule has 4 heteroatoms. The van der Waals surface area contributed by atoms with Gasteiger partial charge in [0.25, 0.3) is 0 Å². The molecule has 0 bridgehead atoms. The predicted octanol–water partition coefficient (Wildman–Crippen LogP) is 1.36. The van der Waals surface area contributed by atoms with Gasteiger partial charge in [0.15, 0.2) is 0 Å². The Morgan fingerprint density at radius 1 is 1.41 bits per heavy atom. The molecule has 0 saturated heterocycles. The largest absolute Gasteiger partial charge is 0.490 e. The molecule has 1 atom stereocenters. The lowest BCUT2D eigenvalue weighted by molar-refractivity contribution is -0.688. The minimum Gasteiger partial charge on any atom is -0.490 e. The number of aliphatic hydroxyl groups excluding tert-OH is 1. The molecule has 1 aromatic rings. The normalized spacial score (nSPS) is 12.8. The fourth-order valence-corrected chi connectivity index (χ4v) is 1.68. The third-order valence-corrected chi connectivity index (χ3v) is 2.68. The first-order valence-electron chi connectivity index (χ1n) is 5.89. The van der Waals surface area contributed by atoms with Crippen LogP contribution in [0.2, 0.25) is 5.02 Å². The van der Waals surface area contributed by atoms with E-state index in [0.717, 1.165) is 11.3 Å². The maximum absolute atomic E-state index is 9.72. The highest BCUT2D eigenvalue weighted by atomic mass is 35.5. The number of benzene rings is 1. The van der Waals surface area contributed by atoms with Crippen LogP contribution in [0.15, 0.2) is 18.2 Å². The van der Waals surface area contributed by atoms with Gasteiger partial charge in [0.1, 0.15) is 25.0 Å². The summed E-state index contributed by atoms with van der Waals surface area (Å²) >= 11 is 5.85. The molecule has 1 rings (SSSR count). The van der Waals surface area contributed by atoms with E-state index in [2.05, 4.69) is 19.2 Å². The summed E-state index contributed by atoms with van der Waals surface area (Å²) in [5.41, 5.74) is 0.984. The van der Waals surface area contributed by atoms with Gasteiger partial charge in [-0.05, 0) is 44.5 Å². The van der Waals surface area contributed by atoms with Crippen molar-refractivity contribution in [3.05, 3.63) is 28.8 Å². The SMILES string of the molecule is Cc1cc(Cl)ccc1OC[C@@H](O)C[NH2+]C(C)C. The molecule has 0 aliphatic carbocycles. The fraction of sp³-hybridized carbons (Fsp3) is 0.538. The minimum absolute atomic E-state index is 0.311. The Morgan fingerprint density at radius 2 is 2.12 bits per heavy atom. The van der Waals surface area contributed by atoms with Gasteiger partial charge in [0.2, 0.25) is 0 Å². The quantitative estimate of drug-likeness (QED) is 0.809. The van der Waals surface area contributed by atoms with Crippen molar-refractivity contribution in [1.82, 2.24) is 0 Å². The number of aliphatic hydroxyl groups is 1. The summed E-state index contributed by atoms with van der Waals surface area (Å²) in [6, 6.07) is 5.96. The number of hydrogen-bond acceptors (Lipinski definition) is 2. The summed E-state index contributed by atoms with van der Waals surface area (Å²) < 4.78 is 5.56. The van der Waals surface area contributed by atoms with Gasteiger partial charge in [-0.15, -0.1) is 0 Å². The number of ether oxygens (including phenoxy) is 1. The molecule has 96 valence electrons. The zero-order valence-electron chi connectivity index (χ0n) is 10.6. The summed E-state index contributed by atoms with van der Waals surface area (Å²) in [5, 5.41) is 12.5. The first kappa shape index (κ1) is 14.3. The maximum Gasteiger partial charge on any atom is 0.137 e. The van der Waals surface area contributed by atoms with Crippen molar-refractivity contribution in [3.8, 4) is 5.75 Å². The Balaban J connectivity index is 2.39. The summed E-state index contributed by atoms with van der Waals surface area (Å²) in [4.78, 5) is 0. The van der Waals surface area contributed by atoms with Crippen molar-refractivity contribution in [1.29, 1.82) is 0 Å². The molecule has 0 heterocycles. The van der Waals surface area contributed by atoms with E-state index in [1.54, 1.807) is 6.07 Å². The fourth-order valence-electron chi connectivity index (χ4n) is 1.46. The molecule has 3 nitrogen and oxygen atoms in total. The van der Waals surface area contributed by atoms with Crippen LogP contribution in [0.4, 0.5) is 0 Å². The van der Waals surface area contributed by atoms with E-state index in [1.807, 2.05) is 19.1 Å². The van der Waals surface area contributed by atoms with E-state index in [4.69, 9.17) is 16.3 Å². The van der Waals surface area contributed by atoms with Gasteiger partial charge in [-0.2, -0.15) is 0 Å². The highest BCUT2D eigenvalue weighted by molar-refractivity contribution is 6.30. The van der Waals surface area contributed by atoms with Crippen molar-refractivity contribution in [2.24, 2.45) is 0 Å². The molecule has 0 aliphatic heterocycles. The summed E-state index contributed by atoms with van der Waals surface area (Å²) in [7, 11) is 0. The third-order valence-electron chi connectivity index (χ3n) is 2.45. The lowest BCUT2D eigenvalue weighted by Crippen LogP contribution is -2.90. The van der Waals surface area contributed by atoms with Crippen LogP contribution in [0.5, 0.6) is 5.75 Å². The Morgan fingerprint density at radius 3 is 2.71 bits per heavy atom. The highest BCUT2D eigenvalue weighted by Crippen LogP contribution is 2.21. The molecule has 17 heavy (non-hydrogen) atoms. The van der Waals surface area contributed by atoms with Gasteiger partial charge in [-0.25, -0.2) is 0 Å². The Hall–Kier alpha value is -0.770. The second-order valence-corrected chi connectivity index (χ2v) is 5.03. The molecule has 0 spiro atoms. The van der Waals surface area contributed by atoms with Crippen molar-refractivity contribution in [2.45, 2.75) is 32.9 Å². The van der Waals surface area contributed by atoms with Gasteiger partial charge < -0.3 is 15.2 Å². The molecule has 1 aromatic carbocycles. The molecule has 0 amide bonds. The smallest absolute Gasteiger partial charge is 0.137 e. The number of quaternary nitrogens is 1. The van der Waals surface area contributed by atoms with Gasteiger partial charge in [0.05, 0.1) is 6.04 Å². The summed E-state index contributed by atoms with van der Waals surface area (Å²) in [6.45, 7) is 7.09. The van der Waals surface area contributed by atoms with E-state index >= 15 is 0 Å². The van der Waals surface area contributed by atoms with Crippen molar-refractivity contribution in [3.63, 3.8) is 0 Å². The van der Waals surface area contributed by atoms with Crippen LogP contribution in [0, 0.1) is 6.92 Å². The monoisotopic (exact) mass is 258 g/mol. The van der Waals surface area contributed by atoms with Crippen LogP contribution < -0.4 is 10.1 Å². The van der Waals surface area contributed by atoms with Crippen LogP contribution in [0.3, 0.4) is 0 Å². The van der Waals surface area contributed by atoms with Gasteiger partial charge >= 0.3 is 0 Å². The Labute approximate surface area is 108 Å². The zero-order chi connectivity index (χ0) is 12.8. The maximum atomic E-state index is 9.72. The Bertz CT molecular complexity index is 355. The van der Waals surface area contributed by atoms with Gasteiger partial charge in [-0.1, -0.05) is 11.6 Å². The average Bonchev–Trinajstić information content (AvgIpc) is 2.25. The molecule has 3 N–H and O–H groups in total. The average molecular weight is 259 g/mol. The minimum atomic E-state index is -0.451. The van der Waals surface area contributed by atoms with E-state index < -0.39 is 6.10 Å². The Kier molecular flexibility index (Phi) is 5.75. The van der Waals surface area contributed by atoms with Gasteiger partial charge in [-0.3, -0.25) is 0 Å². The second-order valence-electron chi connectivity index (χ2n) is 4.59. The number of hydrogen-bond donors (Lipinski definition) is 2. The molecule has 0 fully saturated rings. The molecule has 0 saturated carbocycles. The van der Waals surface area contributed by atoms with Gasteiger partial charge in [0, 0.05) is 5.02 Å². The molecule has 0 aliphatic rings. The topological polar surface area (TPSA) is 46.1 Å². The first-order valence-corrected chi connectivity index (χ1v) is 6.27. The second kappa shape index (κ2) is 6.84. The van der Waals surface area contributed by atoms with Crippen LogP contribution in [-0.4, -0.2) is 30.4 Å². The standard InChI is InChI=1S/C13H20ClNO2/c1-9(2)15-7-12(16)8-17-13-5-4-11(14)6-10(13)3/h4-6,9,12,15-16H,7-8H2,1-3H3/p+1/t12-/m0/s1. The molecule has 0 aromatic heterocycles. The van der Waals surface area contributed by atoms with Crippen LogP contribution in [-0.2, 0) is 0 Å². The molecular weight excluding hydrogens is 238 g/mol. The van der Waals surface area contributed by atoms with Crippen molar-refractivity contribution in [2.75, 3.05) is 13.2 Å².